The van der Waals surface area contributed by atoms with E-state index >= 15 is 0 Å². The van der Waals surface area contributed by atoms with E-state index in [2.05, 4.69) is 21.2 Å². The van der Waals surface area contributed by atoms with Crippen molar-refractivity contribution in [3.8, 4) is 11.5 Å². The highest BCUT2D eigenvalue weighted by atomic mass is 79.9. The molecule has 0 heterocycles. The van der Waals surface area contributed by atoms with Crippen molar-refractivity contribution in [2.75, 3.05) is 31.1 Å². The number of amides is 2. The summed E-state index contributed by atoms with van der Waals surface area (Å²) < 4.78 is 40.5. The summed E-state index contributed by atoms with van der Waals surface area (Å²) >= 11 is 3.34. The Kier molecular flexibility index (Phi) is 11.8. The molecule has 9 nitrogen and oxygen atoms in total. The molecule has 0 aliphatic heterocycles. The van der Waals surface area contributed by atoms with Gasteiger partial charge < -0.3 is 19.7 Å². The zero-order valence-corrected chi connectivity index (χ0v) is 26.9. The summed E-state index contributed by atoms with van der Waals surface area (Å²) in [4.78, 5) is 28.6. The van der Waals surface area contributed by atoms with Crippen LogP contribution in [0.4, 0.5) is 5.69 Å². The maximum atomic E-state index is 14.0. The van der Waals surface area contributed by atoms with Crippen LogP contribution in [0.3, 0.4) is 0 Å². The Hall–Kier alpha value is -3.57. The fourth-order valence-corrected chi connectivity index (χ4v) is 5.82. The average Bonchev–Trinajstić information content (AvgIpc) is 2.97. The van der Waals surface area contributed by atoms with Crippen LogP contribution in [-0.4, -0.2) is 58.0 Å². The lowest BCUT2D eigenvalue weighted by Gasteiger charge is -2.32. The number of sulfonamides is 1. The fourth-order valence-electron chi connectivity index (χ4n) is 4.14. The van der Waals surface area contributed by atoms with Gasteiger partial charge in [-0.05, 0) is 86.0 Å². The van der Waals surface area contributed by atoms with Gasteiger partial charge in [-0.25, -0.2) is 8.42 Å². The normalized spacial score (nSPS) is 12.0. The van der Waals surface area contributed by atoms with E-state index in [1.165, 1.54) is 17.0 Å². The first-order chi connectivity index (χ1) is 20.0. The Morgan fingerprint density at radius 2 is 1.62 bits per heavy atom. The second-order valence-corrected chi connectivity index (χ2v) is 12.9. The maximum Gasteiger partial charge on any atom is 0.264 e. The standard InChI is InChI=1S/C31H38BrN3O6S/c1-6-41-27-14-12-26(13-15-27)35(42(38,39)29-16-10-25(32)11-17-29)21-30(36)34(23(4)31(37)33-19-22(2)3)20-24-8-7-9-28(18-24)40-5/h7-18,22-23H,6,19-21H2,1-5H3,(H,33,37)/t23-/m1/s1. The second kappa shape index (κ2) is 15.1. The number of hydrogen-bond acceptors (Lipinski definition) is 6. The number of methoxy groups -OCH3 is 1. The molecular weight excluding hydrogens is 622 g/mol. The third-order valence-corrected chi connectivity index (χ3v) is 8.77. The van der Waals surface area contributed by atoms with Gasteiger partial charge in [-0.2, -0.15) is 0 Å². The molecule has 3 aromatic rings. The van der Waals surface area contributed by atoms with Gasteiger partial charge in [0.2, 0.25) is 11.8 Å². The number of benzene rings is 3. The summed E-state index contributed by atoms with van der Waals surface area (Å²) in [6, 6.07) is 19.0. The topological polar surface area (TPSA) is 105 Å². The van der Waals surface area contributed by atoms with Gasteiger partial charge in [0.25, 0.3) is 10.0 Å². The number of carbonyl (C=O) groups excluding carboxylic acids is 2. The molecule has 0 unspecified atom stereocenters. The van der Waals surface area contributed by atoms with Gasteiger partial charge in [-0.3, -0.25) is 13.9 Å². The molecule has 0 spiro atoms. The molecule has 2 amide bonds. The Balaban J connectivity index is 2.02. The number of carbonyl (C=O) groups is 2. The number of hydrogen-bond donors (Lipinski definition) is 1. The van der Waals surface area contributed by atoms with Gasteiger partial charge >= 0.3 is 0 Å². The molecular formula is C31H38BrN3O6S. The van der Waals surface area contributed by atoms with Crippen molar-refractivity contribution in [3.63, 3.8) is 0 Å². The highest BCUT2D eigenvalue weighted by Gasteiger charge is 2.32. The lowest BCUT2D eigenvalue weighted by Crippen LogP contribution is -2.51. The summed E-state index contributed by atoms with van der Waals surface area (Å²) in [5.74, 6) is 0.520. The molecule has 0 saturated carbocycles. The van der Waals surface area contributed by atoms with Crippen LogP contribution >= 0.6 is 15.9 Å². The molecule has 0 aliphatic rings. The zero-order chi connectivity index (χ0) is 30.9. The van der Waals surface area contributed by atoms with E-state index in [9.17, 15) is 18.0 Å². The van der Waals surface area contributed by atoms with E-state index in [0.29, 0.717) is 24.7 Å². The molecule has 42 heavy (non-hydrogen) atoms. The Bertz CT molecular complexity index is 1450. The second-order valence-electron chi connectivity index (χ2n) is 10.1. The van der Waals surface area contributed by atoms with Gasteiger partial charge in [0.1, 0.15) is 24.1 Å². The van der Waals surface area contributed by atoms with E-state index < -0.39 is 28.5 Å². The minimum Gasteiger partial charge on any atom is -0.497 e. The SMILES string of the molecule is CCOc1ccc(N(CC(=O)N(Cc2cccc(OC)c2)[C@H](C)C(=O)NCC(C)C)S(=O)(=O)c2ccc(Br)cc2)cc1. The summed E-state index contributed by atoms with van der Waals surface area (Å²) in [5, 5.41) is 2.88. The van der Waals surface area contributed by atoms with Crippen LogP contribution in [0, 0.1) is 5.92 Å². The van der Waals surface area contributed by atoms with Crippen LogP contribution in [0.15, 0.2) is 82.2 Å². The maximum absolute atomic E-state index is 14.0. The Labute approximate surface area is 257 Å². The number of ether oxygens (including phenoxy) is 2. The number of anilines is 1. The van der Waals surface area contributed by atoms with Crippen molar-refractivity contribution in [3.05, 3.63) is 82.8 Å². The lowest BCUT2D eigenvalue weighted by atomic mass is 10.1. The van der Waals surface area contributed by atoms with Gasteiger partial charge in [-0.1, -0.05) is 41.9 Å². The Morgan fingerprint density at radius 1 is 0.952 bits per heavy atom. The molecule has 0 radical (unpaired) electrons. The molecule has 0 aromatic heterocycles. The first-order valence-corrected chi connectivity index (χ1v) is 15.9. The summed E-state index contributed by atoms with van der Waals surface area (Å²) in [7, 11) is -2.62. The molecule has 1 atom stereocenters. The van der Waals surface area contributed by atoms with Crippen molar-refractivity contribution in [2.45, 2.75) is 45.2 Å². The summed E-state index contributed by atoms with van der Waals surface area (Å²) in [5.41, 5.74) is 1.02. The number of nitrogens with zero attached hydrogens (tertiary/aromatic N) is 2. The zero-order valence-electron chi connectivity index (χ0n) is 24.5. The third kappa shape index (κ3) is 8.72. The molecule has 0 fully saturated rings. The quantitative estimate of drug-likeness (QED) is 0.254. The van der Waals surface area contributed by atoms with E-state index in [4.69, 9.17) is 9.47 Å². The van der Waals surface area contributed by atoms with Crippen LogP contribution in [0.1, 0.15) is 33.3 Å². The van der Waals surface area contributed by atoms with Crippen molar-refractivity contribution in [1.82, 2.24) is 10.2 Å². The van der Waals surface area contributed by atoms with Crippen LogP contribution in [0.25, 0.3) is 0 Å². The molecule has 226 valence electrons. The molecule has 3 rings (SSSR count). The largest absolute Gasteiger partial charge is 0.497 e. The first-order valence-electron chi connectivity index (χ1n) is 13.7. The summed E-state index contributed by atoms with van der Waals surface area (Å²) in [6.07, 6.45) is 0. The molecule has 3 aromatic carbocycles. The first kappa shape index (κ1) is 32.9. The average molecular weight is 661 g/mol. The number of nitrogens with one attached hydrogen (secondary N) is 1. The van der Waals surface area contributed by atoms with Crippen LogP contribution in [0.2, 0.25) is 0 Å². The molecule has 0 bridgehead atoms. The summed E-state index contributed by atoms with van der Waals surface area (Å²) in [6.45, 7) is 7.89. The predicted octanol–water partition coefficient (Wildman–Crippen LogP) is 5.24. The fraction of sp³-hybridized carbons (Fsp3) is 0.355. The van der Waals surface area contributed by atoms with Crippen LogP contribution in [0.5, 0.6) is 11.5 Å². The van der Waals surface area contributed by atoms with Crippen molar-refractivity contribution >= 4 is 43.5 Å². The van der Waals surface area contributed by atoms with E-state index in [0.717, 1.165) is 14.3 Å². The van der Waals surface area contributed by atoms with Crippen molar-refractivity contribution < 1.29 is 27.5 Å². The van der Waals surface area contributed by atoms with Gasteiger partial charge in [-0.15, -0.1) is 0 Å². The van der Waals surface area contributed by atoms with Gasteiger partial charge in [0, 0.05) is 17.6 Å². The van der Waals surface area contributed by atoms with Crippen molar-refractivity contribution in [1.29, 1.82) is 0 Å². The van der Waals surface area contributed by atoms with Crippen LogP contribution in [-0.2, 0) is 26.2 Å². The highest BCUT2D eigenvalue weighted by molar-refractivity contribution is 9.10. The molecule has 0 saturated heterocycles. The monoisotopic (exact) mass is 659 g/mol. The third-order valence-electron chi connectivity index (χ3n) is 6.46. The van der Waals surface area contributed by atoms with E-state index in [1.807, 2.05) is 26.8 Å². The number of rotatable bonds is 14. The lowest BCUT2D eigenvalue weighted by molar-refractivity contribution is -0.139. The van der Waals surface area contributed by atoms with Crippen molar-refractivity contribution in [2.24, 2.45) is 5.92 Å². The highest BCUT2D eigenvalue weighted by Crippen LogP contribution is 2.27. The Morgan fingerprint density at radius 3 is 2.21 bits per heavy atom. The molecule has 1 N–H and O–H groups in total. The predicted molar refractivity (Wildman–Crippen MR) is 167 cm³/mol. The van der Waals surface area contributed by atoms with Crippen LogP contribution < -0.4 is 19.1 Å². The van der Waals surface area contributed by atoms with E-state index in [1.54, 1.807) is 68.6 Å². The van der Waals surface area contributed by atoms with Gasteiger partial charge in [0.05, 0.1) is 24.3 Å². The smallest absolute Gasteiger partial charge is 0.264 e. The molecule has 0 aliphatic carbocycles. The number of halogens is 1. The molecule has 11 heteroatoms. The van der Waals surface area contributed by atoms with E-state index in [-0.39, 0.29) is 29.0 Å². The van der Waals surface area contributed by atoms with Gasteiger partial charge in [0.15, 0.2) is 0 Å². The minimum atomic E-state index is -4.17. The minimum absolute atomic E-state index is 0.0226.